The molecule has 0 aliphatic heterocycles. The molecule has 0 bridgehead atoms. The van der Waals surface area contributed by atoms with Crippen molar-refractivity contribution in [3.05, 3.63) is 23.9 Å². The molecule has 0 aromatic rings. The lowest BCUT2D eigenvalue weighted by Crippen LogP contribution is -2.30. The zero-order chi connectivity index (χ0) is 10.8. The molecule has 1 N–H and O–H groups in total. The topological polar surface area (TPSA) is 29.1 Å². The number of ketones is 1. The predicted molar refractivity (Wildman–Crippen MR) is 58.9 cm³/mol. The number of carbonyl (C=O) groups excluding carboxylic acids is 1. The highest BCUT2D eigenvalue weighted by molar-refractivity contribution is 6.08. The highest BCUT2D eigenvalue weighted by Crippen LogP contribution is 2.32. The zero-order valence-electron chi connectivity index (χ0n) is 9.31. The summed E-state index contributed by atoms with van der Waals surface area (Å²) in [5.74, 6) is 0.0813. The second kappa shape index (κ2) is 3.99. The monoisotopic (exact) mass is 193 g/mol. The third kappa shape index (κ3) is 2.47. The van der Waals surface area contributed by atoms with Crippen molar-refractivity contribution >= 4 is 5.78 Å². The minimum Gasteiger partial charge on any atom is -0.382 e. The Kier molecular flexibility index (Phi) is 3.14. The van der Waals surface area contributed by atoms with Gasteiger partial charge in [0.1, 0.15) is 0 Å². The number of nitrogens with one attached hydrogen (secondary N) is 1. The summed E-state index contributed by atoms with van der Waals surface area (Å²) >= 11 is 0. The van der Waals surface area contributed by atoms with Gasteiger partial charge in [-0.1, -0.05) is 33.4 Å². The van der Waals surface area contributed by atoms with Crippen LogP contribution in [0.15, 0.2) is 23.9 Å². The molecule has 1 aliphatic rings. The van der Waals surface area contributed by atoms with Crippen molar-refractivity contribution in [3.63, 3.8) is 0 Å². The van der Waals surface area contributed by atoms with E-state index in [1.165, 1.54) is 0 Å². The van der Waals surface area contributed by atoms with E-state index in [9.17, 15) is 4.79 Å². The summed E-state index contributed by atoms with van der Waals surface area (Å²) in [5, 5.41) is 3.16. The molecular weight excluding hydrogens is 174 g/mol. The van der Waals surface area contributed by atoms with Crippen molar-refractivity contribution in [2.24, 2.45) is 5.41 Å². The first kappa shape index (κ1) is 11.0. The molecule has 0 saturated carbocycles. The fourth-order valence-electron chi connectivity index (χ4n) is 1.72. The van der Waals surface area contributed by atoms with Crippen LogP contribution in [-0.2, 0) is 4.79 Å². The highest BCUT2D eigenvalue weighted by Gasteiger charge is 2.28. The zero-order valence-corrected chi connectivity index (χ0v) is 9.31. The molecule has 78 valence electrons. The van der Waals surface area contributed by atoms with Crippen molar-refractivity contribution in [2.45, 2.75) is 33.6 Å². The summed E-state index contributed by atoms with van der Waals surface area (Å²) in [6.45, 7) is 11.0. The molecule has 0 radical (unpaired) electrons. The van der Waals surface area contributed by atoms with E-state index in [1.54, 1.807) is 0 Å². The molecule has 0 heterocycles. The average molecular weight is 193 g/mol. The lowest BCUT2D eigenvalue weighted by Gasteiger charge is -2.28. The minimum absolute atomic E-state index is 0.0566. The Labute approximate surface area is 86.1 Å². The maximum atomic E-state index is 11.7. The van der Waals surface area contributed by atoms with Crippen LogP contribution in [0, 0.1) is 5.41 Å². The molecule has 0 amide bonds. The van der Waals surface area contributed by atoms with Crippen LogP contribution in [0.2, 0.25) is 0 Å². The van der Waals surface area contributed by atoms with Crippen molar-refractivity contribution in [2.75, 3.05) is 6.54 Å². The largest absolute Gasteiger partial charge is 0.382 e. The van der Waals surface area contributed by atoms with Crippen LogP contribution < -0.4 is 5.32 Å². The third-order valence-corrected chi connectivity index (χ3v) is 2.34. The molecule has 0 aromatic heterocycles. The van der Waals surface area contributed by atoms with Crippen LogP contribution in [0.3, 0.4) is 0 Å². The standard InChI is InChI=1S/C12H19NO/c1-5-6-13-10-8-12(3,4)7-9(2)11(10)14/h8,13H,2,5-7H2,1,3-4H3. The van der Waals surface area contributed by atoms with E-state index in [-0.39, 0.29) is 11.2 Å². The van der Waals surface area contributed by atoms with Gasteiger partial charge in [0.05, 0.1) is 5.70 Å². The van der Waals surface area contributed by atoms with E-state index >= 15 is 0 Å². The summed E-state index contributed by atoms with van der Waals surface area (Å²) in [7, 11) is 0. The normalized spacial score (nSPS) is 20.6. The van der Waals surface area contributed by atoms with Gasteiger partial charge < -0.3 is 5.32 Å². The van der Waals surface area contributed by atoms with Gasteiger partial charge in [-0.2, -0.15) is 0 Å². The van der Waals surface area contributed by atoms with Gasteiger partial charge in [-0.15, -0.1) is 0 Å². The van der Waals surface area contributed by atoms with Gasteiger partial charge in [0.15, 0.2) is 0 Å². The van der Waals surface area contributed by atoms with Crippen molar-refractivity contribution < 1.29 is 4.79 Å². The van der Waals surface area contributed by atoms with Crippen molar-refractivity contribution in [3.8, 4) is 0 Å². The van der Waals surface area contributed by atoms with E-state index in [0.29, 0.717) is 0 Å². The fraction of sp³-hybridized carbons (Fsp3) is 0.583. The molecule has 0 atom stereocenters. The smallest absolute Gasteiger partial charge is 0.203 e. The molecular formula is C12H19NO. The number of hydrogen-bond donors (Lipinski definition) is 1. The number of rotatable bonds is 3. The van der Waals surface area contributed by atoms with Crippen LogP contribution in [0.25, 0.3) is 0 Å². The lowest BCUT2D eigenvalue weighted by atomic mass is 9.79. The second-order valence-corrected chi connectivity index (χ2v) is 4.58. The van der Waals surface area contributed by atoms with E-state index in [1.807, 2.05) is 6.08 Å². The van der Waals surface area contributed by atoms with Crippen molar-refractivity contribution in [1.82, 2.24) is 5.32 Å². The minimum atomic E-state index is 0.0566. The summed E-state index contributed by atoms with van der Waals surface area (Å²) in [6.07, 6.45) is 3.82. The molecule has 1 rings (SSSR count). The Morgan fingerprint density at radius 2 is 2.21 bits per heavy atom. The van der Waals surface area contributed by atoms with Crippen LogP contribution in [0.4, 0.5) is 0 Å². The van der Waals surface area contributed by atoms with Gasteiger partial charge in [-0.3, -0.25) is 4.79 Å². The van der Waals surface area contributed by atoms with Crippen molar-refractivity contribution in [1.29, 1.82) is 0 Å². The Balaban J connectivity index is 2.83. The lowest BCUT2D eigenvalue weighted by molar-refractivity contribution is -0.113. The molecule has 0 spiro atoms. The van der Waals surface area contributed by atoms with Gasteiger partial charge in [-0.25, -0.2) is 0 Å². The Bertz CT molecular complexity index is 287. The Hall–Kier alpha value is -1.05. The summed E-state index contributed by atoms with van der Waals surface area (Å²) < 4.78 is 0. The molecule has 0 fully saturated rings. The van der Waals surface area contributed by atoms with E-state index in [2.05, 4.69) is 32.7 Å². The van der Waals surface area contributed by atoms with Crippen LogP contribution in [0.1, 0.15) is 33.6 Å². The number of allylic oxidation sites excluding steroid dienone is 2. The molecule has 0 unspecified atom stereocenters. The van der Waals surface area contributed by atoms with Crippen LogP contribution >= 0.6 is 0 Å². The van der Waals surface area contributed by atoms with E-state index in [0.717, 1.165) is 30.7 Å². The molecule has 1 aliphatic carbocycles. The summed E-state index contributed by atoms with van der Waals surface area (Å²) in [5.41, 5.74) is 1.50. The van der Waals surface area contributed by atoms with Crippen LogP contribution in [0.5, 0.6) is 0 Å². The van der Waals surface area contributed by atoms with E-state index in [4.69, 9.17) is 0 Å². The molecule has 2 heteroatoms. The van der Waals surface area contributed by atoms with Gasteiger partial charge >= 0.3 is 0 Å². The quantitative estimate of drug-likeness (QED) is 0.697. The van der Waals surface area contributed by atoms with Crippen LogP contribution in [-0.4, -0.2) is 12.3 Å². The first-order chi connectivity index (χ1) is 6.46. The summed E-state index contributed by atoms with van der Waals surface area (Å²) in [4.78, 5) is 11.7. The molecule has 2 nitrogen and oxygen atoms in total. The maximum Gasteiger partial charge on any atom is 0.203 e. The Morgan fingerprint density at radius 3 is 2.79 bits per heavy atom. The maximum absolute atomic E-state index is 11.7. The second-order valence-electron chi connectivity index (χ2n) is 4.58. The van der Waals surface area contributed by atoms with Gasteiger partial charge in [-0.05, 0) is 23.8 Å². The highest BCUT2D eigenvalue weighted by atomic mass is 16.1. The molecule has 0 aromatic carbocycles. The predicted octanol–water partition coefficient (Wildman–Crippen LogP) is 2.43. The molecule has 14 heavy (non-hydrogen) atoms. The first-order valence-electron chi connectivity index (χ1n) is 5.15. The fourth-order valence-corrected chi connectivity index (χ4v) is 1.72. The van der Waals surface area contributed by atoms with Gasteiger partial charge in [0, 0.05) is 6.54 Å². The molecule has 0 saturated heterocycles. The average Bonchev–Trinajstić information content (AvgIpc) is 2.08. The first-order valence-corrected chi connectivity index (χ1v) is 5.15. The van der Waals surface area contributed by atoms with Gasteiger partial charge in [0.25, 0.3) is 0 Å². The summed E-state index contributed by atoms with van der Waals surface area (Å²) in [6, 6.07) is 0. The number of Topliss-reactive ketones (excluding diaryl/α,β-unsaturated/α-hetero) is 1. The van der Waals surface area contributed by atoms with Gasteiger partial charge in [0.2, 0.25) is 5.78 Å². The number of hydrogen-bond acceptors (Lipinski definition) is 2. The van der Waals surface area contributed by atoms with E-state index < -0.39 is 0 Å². The number of carbonyl (C=O) groups is 1. The Morgan fingerprint density at radius 1 is 1.57 bits per heavy atom. The SMILES string of the molecule is C=C1CC(C)(C)C=C(NCCC)C1=O. The third-order valence-electron chi connectivity index (χ3n) is 2.34.